The van der Waals surface area contributed by atoms with Gasteiger partial charge in [-0.3, -0.25) is 9.19 Å². The molecule has 0 radical (unpaired) electrons. The molecule has 2 fully saturated rings. The minimum Gasteiger partial charge on any atom is -0.394 e. The molecular formula is C23H28ClN3O2S. The van der Waals surface area contributed by atoms with Gasteiger partial charge in [-0.05, 0) is 62.4 Å². The monoisotopic (exact) mass is 445 g/mol. The summed E-state index contributed by atoms with van der Waals surface area (Å²) in [6.07, 6.45) is 5.91. The summed E-state index contributed by atoms with van der Waals surface area (Å²) >= 11 is 6.03. The minimum absolute atomic E-state index is 0.117. The summed E-state index contributed by atoms with van der Waals surface area (Å²) in [7, 11) is -0.995. The number of aromatic nitrogens is 1. The highest BCUT2D eigenvalue weighted by Gasteiger charge is 2.38. The largest absolute Gasteiger partial charge is 0.394 e. The lowest BCUT2D eigenvalue weighted by atomic mass is 9.77. The molecule has 1 aromatic heterocycles. The molecule has 5 rings (SSSR count). The fourth-order valence-electron chi connectivity index (χ4n) is 4.92. The van der Waals surface area contributed by atoms with Gasteiger partial charge in [0.05, 0.1) is 39.2 Å². The lowest BCUT2D eigenvalue weighted by Crippen LogP contribution is -2.48. The predicted molar refractivity (Wildman–Crippen MR) is 122 cm³/mol. The summed E-state index contributed by atoms with van der Waals surface area (Å²) < 4.78 is 12.6. The second-order valence-corrected chi connectivity index (χ2v) is 10.8. The van der Waals surface area contributed by atoms with Crippen LogP contribution in [0, 0.1) is 0 Å². The van der Waals surface area contributed by atoms with Crippen LogP contribution in [-0.4, -0.2) is 45.3 Å². The number of rotatable bonds is 5. The fourth-order valence-corrected chi connectivity index (χ4v) is 6.40. The van der Waals surface area contributed by atoms with Crippen molar-refractivity contribution < 1.29 is 9.32 Å². The number of nitrogens with one attached hydrogen (secondary N) is 1. The molecule has 0 bridgehead atoms. The van der Waals surface area contributed by atoms with Gasteiger partial charge < -0.3 is 15.3 Å². The van der Waals surface area contributed by atoms with Crippen LogP contribution in [0.4, 0.5) is 11.4 Å². The molecule has 2 aliphatic heterocycles. The van der Waals surface area contributed by atoms with E-state index in [0.717, 1.165) is 78.6 Å². The van der Waals surface area contributed by atoms with Crippen molar-refractivity contribution in [1.82, 2.24) is 4.98 Å². The minimum atomic E-state index is -0.995. The Balaban J connectivity index is 1.37. The third-order valence-electron chi connectivity index (χ3n) is 6.93. The van der Waals surface area contributed by atoms with Gasteiger partial charge in [0.2, 0.25) is 0 Å². The lowest BCUT2D eigenvalue weighted by molar-refractivity contribution is 0.144. The topological polar surface area (TPSA) is 65.5 Å². The van der Waals surface area contributed by atoms with E-state index >= 15 is 0 Å². The summed E-state index contributed by atoms with van der Waals surface area (Å²) in [5.41, 5.74) is 4.00. The van der Waals surface area contributed by atoms with E-state index in [-0.39, 0.29) is 12.1 Å². The summed E-state index contributed by atoms with van der Waals surface area (Å²) in [5, 5.41) is 14.3. The number of halogens is 1. The number of benzene rings is 1. The van der Waals surface area contributed by atoms with Gasteiger partial charge in [0.15, 0.2) is 0 Å². The van der Waals surface area contributed by atoms with Crippen LogP contribution in [0.1, 0.15) is 49.4 Å². The quantitative estimate of drug-likeness (QED) is 0.725. The van der Waals surface area contributed by atoms with Crippen LogP contribution >= 0.6 is 11.6 Å². The molecule has 2 N–H and O–H groups in total. The zero-order valence-corrected chi connectivity index (χ0v) is 18.6. The Labute approximate surface area is 185 Å². The highest BCUT2D eigenvalue weighted by molar-refractivity contribution is 7.85. The Morgan fingerprint density at radius 1 is 1.23 bits per heavy atom. The molecule has 0 spiro atoms. The molecule has 1 aliphatic carbocycles. The van der Waals surface area contributed by atoms with Crippen molar-refractivity contribution in [3.63, 3.8) is 0 Å². The van der Waals surface area contributed by atoms with E-state index in [9.17, 15) is 9.32 Å². The van der Waals surface area contributed by atoms with Crippen molar-refractivity contribution in [1.29, 1.82) is 0 Å². The Bertz CT molecular complexity index is 948. The van der Waals surface area contributed by atoms with E-state index in [1.54, 1.807) is 0 Å². The molecule has 1 atom stereocenters. The van der Waals surface area contributed by atoms with E-state index < -0.39 is 10.8 Å². The third-order valence-corrected chi connectivity index (χ3v) is 8.67. The summed E-state index contributed by atoms with van der Waals surface area (Å²) in [6.45, 7) is 2.09. The maximum Gasteiger partial charge on any atom is 0.0835 e. The predicted octanol–water partition coefficient (Wildman–Crippen LogP) is 4.11. The molecule has 7 heteroatoms. The second-order valence-electron chi connectivity index (χ2n) is 8.82. The standard InChI is InChI=1S/C23H28ClN3O2S/c24-17-2-4-18(5-3-17)27-11-6-16(7-12-27)20-14-21(26-23(15-28)9-1-10-23)22-19(25-20)8-13-30(22)29/h2-5,14,16,28H,1,6-13,15H2,(H,25,26). The zero-order chi connectivity index (χ0) is 20.7. The van der Waals surface area contributed by atoms with Crippen molar-refractivity contribution in [2.24, 2.45) is 0 Å². The first-order chi connectivity index (χ1) is 14.6. The maximum absolute atomic E-state index is 12.6. The average Bonchev–Trinajstić information content (AvgIpc) is 3.12. The van der Waals surface area contributed by atoms with Crippen molar-refractivity contribution in [3.8, 4) is 0 Å². The van der Waals surface area contributed by atoms with E-state index in [0.29, 0.717) is 11.7 Å². The summed E-state index contributed by atoms with van der Waals surface area (Å²) in [5.74, 6) is 1.06. The van der Waals surface area contributed by atoms with Crippen molar-refractivity contribution in [2.45, 2.75) is 54.9 Å². The number of anilines is 2. The summed E-state index contributed by atoms with van der Waals surface area (Å²) in [4.78, 5) is 8.24. The molecule has 30 heavy (non-hydrogen) atoms. The molecule has 2 aromatic rings. The molecule has 1 unspecified atom stereocenters. The maximum atomic E-state index is 12.6. The average molecular weight is 446 g/mol. The normalized spacial score (nSPS) is 23.1. The smallest absolute Gasteiger partial charge is 0.0835 e. The van der Waals surface area contributed by atoms with Crippen molar-refractivity contribution in [3.05, 3.63) is 46.7 Å². The highest BCUT2D eigenvalue weighted by atomic mass is 35.5. The number of nitrogens with zero attached hydrogens (tertiary/aromatic N) is 2. The number of fused-ring (bicyclic) bond motifs is 1. The van der Waals surface area contributed by atoms with E-state index in [1.807, 2.05) is 12.1 Å². The van der Waals surface area contributed by atoms with Crippen LogP contribution in [-0.2, 0) is 17.2 Å². The Hall–Kier alpha value is -1.63. The number of hydrogen-bond acceptors (Lipinski definition) is 5. The van der Waals surface area contributed by atoms with Gasteiger partial charge in [0.1, 0.15) is 0 Å². The number of aryl methyl sites for hydroxylation is 1. The van der Waals surface area contributed by atoms with Crippen LogP contribution in [0.3, 0.4) is 0 Å². The number of aliphatic hydroxyl groups is 1. The highest BCUT2D eigenvalue weighted by Crippen LogP contribution is 2.40. The molecule has 5 nitrogen and oxygen atoms in total. The van der Waals surface area contributed by atoms with Gasteiger partial charge in [0, 0.05) is 47.6 Å². The molecule has 1 saturated carbocycles. The van der Waals surface area contributed by atoms with E-state index in [2.05, 4.69) is 28.4 Å². The first kappa shape index (κ1) is 20.3. The molecule has 160 valence electrons. The SMILES string of the molecule is O=S1CCc2nc(C3CCN(c4ccc(Cl)cc4)CC3)cc(NC3(CO)CCC3)c21. The van der Waals surface area contributed by atoms with Gasteiger partial charge in [-0.1, -0.05) is 11.6 Å². The zero-order valence-electron chi connectivity index (χ0n) is 17.1. The third kappa shape index (κ3) is 3.74. The van der Waals surface area contributed by atoms with Gasteiger partial charge in [-0.25, -0.2) is 0 Å². The van der Waals surface area contributed by atoms with Crippen LogP contribution < -0.4 is 10.2 Å². The van der Waals surface area contributed by atoms with Crippen LogP contribution in [0.2, 0.25) is 5.02 Å². The number of aliphatic hydroxyl groups excluding tert-OH is 1. The van der Waals surface area contributed by atoms with Gasteiger partial charge in [-0.15, -0.1) is 0 Å². The molecule has 3 aliphatic rings. The first-order valence-electron chi connectivity index (χ1n) is 10.9. The van der Waals surface area contributed by atoms with Gasteiger partial charge in [-0.2, -0.15) is 0 Å². The number of pyridine rings is 1. The van der Waals surface area contributed by atoms with Crippen molar-refractivity contribution in [2.75, 3.05) is 35.7 Å². The van der Waals surface area contributed by atoms with Crippen LogP contribution in [0.5, 0.6) is 0 Å². The van der Waals surface area contributed by atoms with E-state index in [1.165, 1.54) is 5.69 Å². The summed E-state index contributed by atoms with van der Waals surface area (Å²) in [6, 6.07) is 10.2. The number of hydrogen-bond donors (Lipinski definition) is 2. The lowest BCUT2D eigenvalue weighted by Gasteiger charge is -2.42. The Morgan fingerprint density at radius 2 is 1.97 bits per heavy atom. The molecular weight excluding hydrogens is 418 g/mol. The molecule has 1 aromatic carbocycles. The Morgan fingerprint density at radius 3 is 2.60 bits per heavy atom. The Kier molecular flexibility index (Phi) is 5.50. The van der Waals surface area contributed by atoms with Crippen LogP contribution in [0.15, 0.2) is 35.2 Å². The van der Waals surface area contributed by atoms with Gasteiger partial charge >= 0.3 is 0 Å². The molecule has 1 saturated heterocycles. The van der Waals surface area contributed by atoms with Crippen LogP contribution in [0.25, 0.3) is 0 Å². The molecule has 3 heterocycles. The van der Waals surface area contributed by atoms with Crippen molar-refractivity contribution >= 4 is 33.8 Å². The van der Waals surface area contributed by atoms with E-state index in [4.69, 9.17) is 16.6 Å². The second kappa shape index (κ2) is 8.13. The first-order valence-corrected chi connectivity index (χ1v) is 12.6. The number of piperidine rings is 1. The molecule has 0 amide bonds. The van der Waals surface area contributed by atoms with Gasteiger partial charge in [0.25, 0.3) is 0 Å². The fraction of sp³-hybridized carbons (Fsp3) is 0.522.